The van der Waals surface area contributed by atoms with Gasteiger partial charge in [0.2, 0.25) is 5.91 Å². The Kier molecular flexibility index (Phi) is 7.96. The molecule has 2 aromatic carbocycles. The second-order valence-corrected chi connectivity index (χ2v) is 16.5. The van der Waals surface area contributed by atoms with Gasteiger partial charge in [-0.3, -0.25) is 14.5 Å². The van der Waals surface area contributed by atoms with E-state index in [9.17, 15) is 18.0 Å². The Balaban J connectivity index is 1.42. The van der Waals surface area contributed by atoms with Gasteiger partial charge in [0.1, 0.15) is 5.75 Å². The van der Waals surface area contributed by atoms with E-state index in [2.05, 4.69) is 52.1 Å². The number of benzene rings is 2. The first-order valence-corrected chi connectivity index (χ1v) is 18.4. The van der Waals surface area contributed by atoms with E-state index in [1.165, 1.54) is 38.9 Å². The van der Waals surface area contributed by atoms with Crippen LogP contribution in [0.3, 0.4) is 0 Å². The normalized spacial score (nSPS) is 26.4. The molecule has 252 valence electrons. The molecule has 2 amide bonds. The molecular formula is C36H47N5O5S. The van der Waals surface area contributed by atoms with Crippen LogP contribution in [0.4, 0.5) is 0 Å². The van der Waals surface area contributed by atoms with Crippen molar-refractivity contribution in [3.05, 3.63) is 53.1 Å². The van der Waals surface area contributed by atoms with Gasteiger partial charge >= 0.3 is 10.2 Å². The van der Waals surface area contributed by atoms with Crippen LogP contribution < -0.4 is 9.46 Å². The highest BCUT2D eigenvalue weighted by Gasteiger charge is 2.64. The molecule has 0 bridgehead atoms. The fourth-order valence-electron chi connectivity index (χ4n) is 8.57. The Bertz CT molecular complexity index is 1850. The minimum absolute atomic E-state index is 0.0521. The van der Waals surface area contributed by atoms with Crippen molar-refractivity contribution in [2.45, 2.75) is 82.8 Å². The van der Waals surface area contributed by atoms with Gasteiger partial charge in [-0.15, -0.1) is 0 Å². The molecule has 2 saturated carbocycles. The van der Waals surface area contributed by atoms with Gasteiger partial charge in [-0.2, -0.15) is 12.7 Å². The van der Waals surface area contributed by atoms with Gasteiger partial charge in [-0.05, 0) is 87.5 Å². The summed E-state index contributed by atoms with van der Waals surface area (Å²) in [5, 5.41) is 1.07. The van der Waals surface area contributed by atoms with Crippen molar-refractivity contribution >= 4 is 32.9 Å². The summed E-state index contributed by atoms with van der Waals surface area (Å²) in [5.74, 6) is 0.708. The Morgan fingerprint density at radius 3 is 2.36 bits per heavy atom. The number of carbonyl (C=O) groups is 2. The first-order chi connectivity index (χ1) is 22.4. The molecule has 11 heteroatoms. The van der Waals surface area contributed by atoms with Crippen LogP contribution in [0.25, 0.3) is 22.2 Å². The minimum atomic E-state index is -3.97. The van der Waals surface area contributed by atoms with E-state index in [1.54, 1.807) is 13.2 Å². The number of nitrogens with zero attached hydrogens (tertiary/aromatic N) is 4. The number of hydrogen-bond donors (Lipinski definition) is 1. The molecular weight excluding hydrogens is 614 g/mol. The maximum absolute atomic E-state index is 14.8. The van der Waals surface area contributed by atoms with E-state index in [4.69, 9.17) is 4.74 Å². The summed E-state index contributed by atoms with van der Waals surface area (Å²) < 4.78 is 36.4. The molecule has 2 aliphatic carbocycles. The molecule has 1 saturated heterocycles. The van der Waals surface area contributed by atoms with Gasteiger partial charge in [0.05, 0.1) is 18.2 Å². The lowest BCUT2D eigenvalue weighted by Crippen LogP contribution is -2.58. The summed E-state index contributed by atoms with van der Waals surface area (Å²) in [5.41, 5.74) is 5.21. The Morgan fingerprint density at radius 1 is 1.00 bits per heavy atom. The number of ether oxygens (including phenoxy) is 1. The SMILES string of the molecule is COc1ccc2c(c1)C1CC1(C(=O)N1C[C@@H](C)N(C)[C@@H](C)C1)Cn1c-2c(C2CCCCC2)c2ccc(C(=O)NS(=O)(=O)N(C)C)cc21. The van der Waals surface area contributed by atoms with Gasteiger partial charge in [-0.1, -0.05) is 25.3 Å². The highest BCUT2D eigenvalue weighted by atomic mass is 32.2. The van der Waals surface area contributed by atoms with Gasteiger partial charge in [0.15, 0.2) is 0 Å². The Labute approximate surface area is 278 Å². The standard InChI is InChI=1S/C36H47N5O5S/c1-22-19-40(20-23(2)39(22)5)35(43)36-18-30(36)29-17-26(46-6)13-15-27(29)33-32(24-10-8-7-9-11-24)28-14-12-25(16-31(28)41(33)21-36)34(42)37-47(44,45)38(3)4/h12-17,22-24,30H,7-11,18-21H2,1-6H3,(H,37,42)/t22-,23+,30?,36?. The minimum Gasteiger partial charge on any atom is -0.497 e. The second-order valence-electron chi connectivity index (χ2n) is 14.6. The van der Waals surface area contributed by atoms with Crippen LogP contribution in [0.2, 0.25) is 0 Å². The van der Waals surface area contributed by atoms with Crippen molar-refractivity contribution in [3.63, 3.8) is 0 Å². The number of hydrogen-bond acceptors (Lipinski definition) is 6. The first kappa shape index (κ1) is 32.2. The Morgan fingerprint density at radius 2 is 1.70 bits per heavy atom. The van der Waals surface area contributed by atoms with Crippen LogP contribution in [0.5, 0.6) is 5.75 Å². The predicted molar refractivity (Wildman–Crippen MR) is 183 cm³/mol. The summed E-state index contributed by atoms with van der Waals surface area (Å²) in [7, 11) is 2.62. The van der Waals surface area contributed by atoms with Gasteiger partial charge in [0.25, 0.3) is 5.91 Å². The van der Waals surface area contributed by atoms with E-state index < -0.39 is 21.5 Å². The van der Waals surface area contributed by atoms with E-state index in [-0.39, 0.29) is 29.5 Å². The summed E-state index contributed by atoms with van der Waals surface area (Å²) in [6.07, 6.45) is 6.49. The van der Waals surface area contributed by atoms with E-state index in [1.807, 2.05) is 18.2 Å². The van der Waals surface area contributed by atoms with Crippen molar-refractivity contribution in [2.75, 3.05) is 41.3 Å². The van der Waals surface area contributed by atoms with Crippen molar-refractivity contribution < 1.29 is 22.7 Å². The number of nitrogens with one attached hydrogen (secondary N) is 1. The predicted octanol–water partition coefficient (Wildman–Crippen LogP) is 4.94. The van der Waals surface area contributed by atoms with Crippen LogP contribution in [-0.2, 0) is 21.5 Å². The van der Waals surface area contributed by atoms with E-state index in [0.717, 1.165) is 57.0 Å². The third-order valence-electron chi connectivity index (χ3n) is 11.6. The fraction of sp³-hybridized carbons (Fsp3) is 0.556. The van der Waals surface area contributed by atoms with Crippen molar-refractivity contribution in [3.8, 4) is 17.0 Å². The van der Waals surface area contributed by atoms with Gasteiger partial charge in [-0.25, -0.2) is 4.72 Å². The van der Waals surface area contributed by atoms with Crippen LogP contribution in [-0.4, -0.2) is 92.3 Å². The number of aromatic nitrogens is 1. The molecule has 3 fully saturated rings. The molecule has 0 spiro atoms. The lowest BCUT2D eigenvalue weighted by Gasteiger charge is -2.43. The lowest BCUT2D eigenvalue weighted by atomic mass is 9.81. The quantitative estimate of drug-likeness (QED) is 0.402. The van der Waals surface area contributed by atoms with Crippen molar-refractivity contribution in [2.24, 2.45) is 5.41 Å². The average molecular weight is 662 g/mol. The monoisotopic (exact) mass is 661 g/mol. The van der Waals surface area contributed by atoms with Crippen molar-refractivity contribution in [1.82, 2.24) is 23.4 Å². The maximum atomic E-state index is 14.8. The highest BCUT2D eigenvalue weighted by molar-refractivity contribution is 7.87. The molecule has 4 atom stereocenters. The third-order valence-corrected chi connectivity index (χ3v) is 13.0. The van der Waals surface area contributed by atoms with Crippen LogP contribution in [0.1, 0.15) is 85.7 Å². The third kappa shape index (κ3) is 5.25. The number of methoxy groups -OCH3 is 1. The maximum Gasteiger partial charge on any atom is 0.303 e. The number of fused-ring (bicyclic) bond motifs is 7. The summed E-state index contributed by atoms with van der Waals surface area (Å²) >= 11 is 0. The first-order valence-electron chi connectivity index (χ1n) is 17.0. The summed E-state index contributed by atoms with van der Waals surface area (Å²) in [6.45, 7) is 6.25. The largest absolute Gasteiger partial charge is 0.497 e. The molecule has 10 nitrogen and oxygen atoms in total. The lowest BCUT2D eigenvalue weighted by molar-refractivity contribution is -0.141. The number of rotatable bonds is 6. The van der Waals surface area contributed by atoms with Crippen molar-refractivity contribution in [1.29, 1.82) is 0 Å². The zero-order chi connectivity index (χ0) is 33.4. The van der Waals surface area contributed by atoms with Gasteiger partial charge in [0, 0.05) is 73.8 Å². The van der Waals surface area contributed by atoms with E-state index in [0.29, 0.717) is 25.6 Å². The number of amides is 2. The molecule has 1 N–H and O–H groups in total. The summed E-state index contributed by atoms with van der Waals surface area (Å²) in [4.78, 5) is 32.6. The van der Waals surface area contributed by atoms with Crippen LogP contribution in [0, 0.1) is 5.41 Å². The molecule has 3 aromatic rings. The number of piperazine rings is 1. The Hall–Kier alpha value is -3.41. The smallest absolute Gasteiger partial charge is 0.303 e. The zero-order valence-corrected chi connectivity index (χ0v) is 29.2. The zero-order valence-electron chi connectivity index (χ0n) is 28.4. The molecule has 3 heterocycles. The average Bonchev–Trinajstić information content (AvgIpc) is 3.72. The second kappa shape index (κ2) is 11.6. The van der Waals surface area contributed by atoms with E-state index >= 15 is 0 Å². The van der Waals surface area contributed by atoms with Gasteiger partial charge < -0.3 is 14.2 Å². The van der Waals surface area contributed by atoms with Crippen LogP contribution in [0.15, 0.2) is 36.4 Å². The highest BCUT2D eigenvalue weighted by Crippen LogP contribution is 2.66. The number of carbonyl (C=O) groups excluding carboxylic acids is 2. The van der Waals surface area contributed by atoms with Crippen LogP contribution >= 0.6 is 0 Å². The summed E-state index contributed by atoms with van der Waals surface area (Å²) in [6, 6.07) is 12.4. The molecule has 0 radical (unpaired) electrons. The molecule has 2 aliphatic heterocycles. The molecule has 7 rings (SSSR count). The molecule has 2 unspecified atom stereocenters. The molecule has 47 heavy (non-hydrogen) atoms. The molecule has 4 aliphatic rings. The topological polar surface area (TPSA) is 104 Å². The fourth-order valence-corrected chi connectivity index (χ4v) is 9.11. The molecule has 1 aromatic heterocycles. The number of likely N-dealkylation sites (N-methyl/N-ethyl adjacent to an activating group) is 1.